The Morgan fingerprint density at radius 2 is 2.04 bits per heavy atom. The van der Waals surface area contributed by atoms with Crippen molar-refractivity contribution >= 4 is 18.3 Å². The minimum atomic E-state index is -0.657. The Bertz CT molecular complexity index is 803. The zero-order valence-corrected chi connectivity index (χ0v) is 16.4. The molecule has 3 heterocycles. The lowest BCUT2D eigenvalue weighted by Crippen LogP contribution is -2.49. The van der Waals surface area contributed by atoms with Crippen LogP contribution in [-0.4, -0.2) is 47.2 Å². The standard InChI is InChI=1S/C19H24FN5O2.ClH/c20-15-3-1-2-14(12-15)19(6-10-27-11-7-19)22-18(26)17-13-25(24-23-17)16-4-8-21-9-5-16;/h1-3,12-13,16,21H,4-11H2,(H,22,26);1H. The summed E-state index contributed by atoms with van der Waals surface area (Å²) in [6.45, 7) is 2.90. The van der Waals surface area contributed by atoms with E-state index in [4.69, 9.17) is 4.74 Å². The summed E-state index contributed by atoms with van der Waals surface area (Å²) in [5.41, 5.74) is 0.386. The third-order valence-corrected chi connectivity index (χ3v) is 5.50. The van der Waals surface area contributed by atoms with E-state index in [9.17, 15) is 9.18 Å². The number of rotatable bonds is 4. The molecule has 28 heavy (non-hydrogen) atoms. The van der Waals surface area contributed by atoms with Crippen LogP contribution in [0.15, 0.2) is 30.5 Å². The number of carbonyl (C=O) groups is 1. The van der Waals surface area contributed by atoms with Crippen molar-refractivity contribution in [2.24, 2.45) is 0 Å². The Morgan fingerprint density at radius 3 is 2.75 bits per heavy atom. The lowest BCUT2D eigenvalue weighted by atomic mass is 9.82. The van der Waals surface area contributed by atoms with E-state index in [2.05, 4.69) is 20.9 Å². The Labute approximate surface area is 169 Å². The highest BCUT2D eigenvalue weighted by molar-refractivity contribution is 5.92. The van der Waals surface area contributed by atoms with E-state index in [1.165, 1.54) is 12.1 Å². The zero-order chi connectivity index (χ0) is 18.7. The van der Waals surface area contributed by atoms with Crippen LogP contribution in [0.1, 0.15) is 47.8 Å². The molecule has 1 aromatic heterocycles. The summed E-state index contributed by atoms with van der Waals surface area (Å²) in [5.74, 6) is -0.606. The fraction of sp³-hybridized carbons (Fsp3) is 0.526. The van der Waals surface area contributed by atoms with Gasteiger partial charge in [-0.05, 0) is 56.5 Å². The van der Waals surface area contributed by atoms with Gasteiger partial charge in [-0.15, -0.1) is 17.5 Å². The van der Waals surface area contributed by atoms with Crippen LogP contribution in [0.3, 0.4) is 0 Å². The van der Waals surface area contributed by atoms with Gasteiger partial charge in [0.05, 0.1) is 17.8 Å². The van der Waals surface area contributed by atoms with Crippen LogP contribution < -0.4 is 10.6 Å². The largest absolute Gasteiger partial charge is 0.381 e. The maximum atomic E-state index is 13.8. The fourth-order valence-corrected chi connectivity index (χ4v) is 3.90. The minimum Gasteiger partial charge on any atom is -0.381 e. The summed E-state index contributed by atoms with van der Waals surface area (Å²) in [7, 11) is 0. The third kappa shape index (κ3) is 4.34. The first-order valence-electron chi connectivity index (χ1n) is 9.45. The van der Waals surface area contributed by atoms with Crippen molar-refractivity contribution in [2.75, 3.05) is 26.3 Å². The molecule has 0 radical (unpaired) electrons. The molecule has 0 spiro atoms. The number of aromatic nitrogens is 3. The normalized spacial score (nSPS) is 19.6. The minimum absolute atomic E-state index is 0. The van der Waals surface area contributed by atoms with E-state index >= 15 is 0 Å². The van der Waals surface area contributed by atoms with E-state index in [1.54, 1.807) is 16.9 Å². The fourth-order valence-electron chi connectivity index (χ4n) is 3.90. The molecule has 0 atom stereocenters. The van der Waals surface area contributed by atoms with E-state index in [-0.39, 0.29) is 35.9 Å². The van der Waals surface area contributed by atoms with E-state index in [0.29, 0.717) is 26.1 Å². The molecule has 2 aliphatic rings. The first-order chi connectivity index (χ1) is 13.2. The number of piperidine rings is 1. The molecule has 2 fully saturated rings. The number of benzene rings is 1. The first kappa shape index (κ1) is 20.7. The molecule has 2 saturated heterocycles. The van der Waals surface area contributed by atoms with Gasteiger partial charge in [-0.3, -0.25) is 4.79 Å². The van der Waals surface area contributed by atoms with Crippen LogP contribution in [0.4, 0.5) is 4.39 Å². The number of carbonyl (C=O) groups excluding carboxylic acids is 1. The summed E-state index contributed by atoms with van der Waals surface area (Å²) >= 11 is 0. The molecule has 4 rings (SSSR count). The smallest absolute Gasteiger partial charge is 0.274 e. The molecule has 0 aliphatic carbocycles. The van der Waals surface area contributed by atoms with Gasteiger partial charge < -0.3 is 15.4 Å². The molecule has 152 valence electrons. The van der Waals surface area contributed by atoms with Crippen LogP contribution in [0.25, 0.3) is 0 Å². The third-order valence-electron chi connectivity index (χ3n) is 5.50. The van der Waals surface area contributed by atoms with Crippen molar-refractivity contribution in [3.05, 3.63) is 47.5 Å². The molecule has 1 aromatic carbocycles. The summed E-state index contributed by atoms with van der Waals surface area (Å²) in [6, 6.07) is 6.67. The predicted molar refractivity (Wildman–Crippen MR) is 104 cm³/mol. The van der Waals surface area contributed by atoms with E-state index < -0.39 is 5.54 Å². The van der Waals surface area contributed by atoms with E-state index in [0.717, 1.165) is 31.5 Å². The summed E-state index contributed by atoms with van der Waals surface area (Å²) < 4.78 is 21.0. The Hall–Kier alpha value is -2.03. The molecular weight excluding hydrogens is 385 g/mol. The lowest BCUT2D eigenvalue weighted by Gasteiger charge is -2.38. The van der Waals surface area contributed by atoms with Gasteiger partial charge in [-0.2, -0.15) is 0 Å². The molecule has 2 aliphatic heterocycles. The highest BCUT2D eigenvalue weighted by Crippen LogP contribution is 2.33. The molecule has 2 aromatic rings. The number of hydrogen-bond donors (Lipinski definition) is 2. The van der Waals surface area contributed by atoms with Crippen molar-refractivity contribution in [3.63, 3.8) is 0 Å². The summed E-state index contributed by atoms with van der Waals surface area (Å²) in [6.07, 6.45) is 4.82. The topological polar surface area (TPSA) is 81.1 Å². The van der Waals surface area contributed by atoms with Gasteiger partial charge in [-0.25, -0.2) is 9.07 Å². The molecule has 9 heteroatoms. The van der Waals surface area contributed by atoms with Gasteiger partial charge >= 0.3 is 0 Å². The average Bonchev–Trinajstić information content (AvgIpc) is 3.20. The van der Waals surface area contributed by atoms with Crippen molar-refractivity contribution < 1.29 is 13.9 Å². The lowest BCUT2D eigenvalue weighted by molar-refractivity contribution is 0.0343. The Morgan fingerprint density at radius 1 is 1.29 bits per heavy atom. The Balaban J connectivity index is 0.00000225. The first-order valence-corrected chi connectivity index (χ1v) is 9.45. The molecular formula is C19H25ClFN5O2. The number of amides is 1. The Kier molecular flexibility index (Phi) is 6.64. The molecule has 1 amide bonds. The van der Waals surface area contributed by atoms with Crippen LogP contribution in [0.2, 0.25) is 0 Å². The second-order valence-electron chi connectivity index (χ2n) is 7.22. The van der Waals surface area contributed by atoms with Gasteiger partial charge in [0.1, 0.15) is 5.82 Å². The van der Waals surface area contributed by atoms with Gasteiger partial charge in [0.15, 0.2) is 5.69 Å². The number of halogens is 2. The number of ether oxygens (including phenoxy) is 1. The molecule has 0 saturated carbocycles. The highest BCUT2D eigenvalue weighted by atomic mass is 35.5. The zero-order valence-electron chi connectivity index (χ0n) is 15.6. The van der Waals surface area contributed by atoms with Gasteiger partial charge in [-0.1, -0.05) is 17.3 Å². The number of nitrogens with zero attached hydrogens (tertiary/aromatic N) is 3. The predicted octanol–water partition coefficient (Wildman–Crippen LogP) is 2.20. The maximum Gasteiger partial charge on any atom is 0.274 e. The molecule has 2 N–H and O–H groups in total. The average molecular weight is 410 g/mol. The SMILES string of the molecule is Cl.O=C(NC1(c2cccc(F)c2)CCOCC1)c1cn(C2CCNCC2)nn1. The van der Waals surface area contributed by atoms with Gasteiger partial charge in [0.2, 0.25) is 0 Å². The van der Waals surface area contributed by atoms with Crippen molar-refractivity contribution in [1.82, 2.24) is 25.6 Å². The monoisotopic (exact) mass is 409 g/mol. The number of nitrogens with one attached hydrogen (secondary N) is 2. The second-order valence-corrected chi connectivity index (χ2v) is 7.22. The number of hydrogen-bond acceptors (Lipinski definition) is 5. The molecule has 0 bridgehead atoms. The van der Waals surface area contributed by atoms with E-state index in [1.807, 2.05) is 6.07 Å². The van der Waals surface area contributed by atoms with Crippen LogP contribution in [0, 0.1) is 5.82 Å². The van der Waals surface area contributed by atoms with Crippen molar-refractivity contribution in [3.8, 4) is 0 Å². The van der Waals surface area contributed by atoms with Gasteiger partial charge in [0.25, 0.3) is 5.91 Å². The van der Waals surface area contributed by atoms with Crippen LogP contribution in [-0.2, 0) is 10.3 Å². The highest BCUT2D eigenvalue weighted by Gasteiger charge is 2.37. The quantitative estimate of drug-likeness (QED) is 0.809. The van der Waals surface area contributed by atoms with Crippen LogP contribution in [0.5, 0.6) is 0 Å². The molecule has 7 nitrogen and oxygen atoms in total. The van der Waals surface area contributed by atoms with Crippen molar-refractivity contribution in [1.29, 1.82) is 0 Å². The summed E-state index contributed by atoms with van der Waals surface area (Å²) in [4.78, 5) is 12.9. The maximum absolute atomic E-state index is 13.8. The van der Waals surface area contributed by atoms with Crippen molar-refractivity contribution in [2.45, 2.75) is 37.3 Å². The van der Waals surface area contributed by atoms with Crippen LogP contribution >= 0.6 is 12.4 Å². The summed E-state index contributed by atoms with van der Waals surface area (Å²) in [5, 5.41) is 14.6. The molecule has 0 unspecified atom stereocenters. The van der Waals surface area contributed by atoms with Gasteiger partial charge in [0, 0.05) is 13.2 Å². The second kappa shape index (κ2) is 8.98.